The third-order valence-corrected chi connectivity index (χ3v) is 5.61. The SMILES string of the molecule is CN(C)CCc1c[nH]c2cccc(OCOC(=O)NCCN3CC4(COC4)C3)c12. The van der Waals surface area contributed by atoms with Crippen LogP contribution in [-0.2, 0) is 15.9 Å². The Balaban J connectivity index is 1.20. The lowest BCUT2D eigenvalue weighted by atomic mass is 9.78. The molecule has 1 aromatic heterocycles. The van der Waals surface area contributed by atoms with E-state index in [0.717, 1.165) is 62.5 Å². The highest BCUT2D eigenvalue weighted by Gasteiger charge is 2.48. The van der Waals surface area contributed by atoms with E-state index in [2.05, 4.69) is 34.2 Å². The minimum Gasteiger partial charge on any atom is -0.457 e. The highest BCUT2D eigenvalue weighted by molar-refractivity contribution is 5.89. The first-order chi connectivity index (χ1) is 14.0. The zero-order valence-electron chi connectivity index (χ0n) is 17.2. The summed E-state index contributed by atoms with van der Waals surface area (Å²) in [5, 5.41) is 3.83. The fourth-order valence-electron chi connectivity index (χ4n) is 4.03. The van der Waals surface area contributed by atoms with Crippen LogP contribution in [0.4, 0.5) is 4.79 Å². The molecule has 2 aromatic rings. The normalized spacial score (nSPS) is 17.9. The summed E-state index contributed by atoms with van der Waals surface area (Å²) < 4.78 is 16.2. The van der Waals surface area contributed by atoms with Crippen molar-refractivity contribution in [1.82, 2.24) is 20.1 Å². The van der Waals surface area contributed by atoms with Crippen LogP contribution in [0.5, 0.6) is 5.75 Å². The summed E-state index contributed by atoms with van der Waals surface area (Å²) in [5.74, 6) is 0.721. The maximum absolute atomic E-state index is 11.9. The van der Waals surface area contributed by atoms with Crippen LogP contribution in [-0.4, -0.2) is 87.7 Å². The molecule has 4 rings (SSSR count). The van der Waals surface area contributed by atoms with Crippen LogP contribution in [0, 0.1) is 5.41 Å². The molecule has 3 heterocycles. The lowest BCUT2D eigenvalue weighted by molar-refractivity contribution is -0.188. The maximum Gasteiger partial charge on any atom is 0.410 e. The average Bonchev–Trinajstić information content (AvgIpc) is 3.04. The zero-order valence-corrected chi connectivity index (χ0v) is 17.2. The van der Waals surface area contributed by atoms with E-state index in [-0.39, 0.29) is 6.79 Å². The molecule has 2 saturated heterocycles. The number of carbonyl (C=O) groups excluding carboxylic acids is 1. The summed E-state index contributed by atoms with van der Waals surface area (Å²) in [6.07, 6.45) is 2.48. The van der Waals surface area contributed by atoms with Gasteiger partial charge in [-0.3, -0.25) is 0 Å². The van der Waals surface area contributed by atoms with Crippen molar-refractivity contribution >= 4 is 17.0 Å². The summed E-state index contributed by atoms with van der Waals surface area (Å²) in [6, 6.07) is 5.85. The van der Waals surface area contributed by atoms with E-state index >= 15 is 0 Å². The first-order valence-electron chi connectivity index (χ1n) is 10.1. The fraction of sp³-hybridized carbons (Fsp3) is 0.571. The molecule has 1 amide bonds. The standard InChI is InChI=1S/C21H30N4O4/c1-24(2)8-6-16-10-23-17-4-3-5-18(19(16)17)28-15-29-20(26)22-7-9-25-11-21(12-25)13-27-14-21/h3-5,10,23H,6-9,11-15H2,1-2H3,(H,22,26). The van der Waals surface area contributed by atoms with Gasteiger partial charge in [-0.25, -0.2) is 4.79 Å². The van der Waals surface area contributed by atoms with Crippen molar-refractivity contribution < 1.29 is 19.0 Å². The van der Waals surface area contributed by atoms with Gasteiger partial charge in [-0.05, 0) is 38.2 Å². The van der Waals surface area contributed by atoms with E-state index in [1.165, 1.54) is 5.56 Å². The van der Waals surface area contributed by atoms with E-state index < -0.39 is 6.09 Å². The number of aromatic nitrogens is 1. The van der Waals surface area contributed by atoms with E-state index in [1.807, 2.05) is 24.4 Å². The smallest absolute Gasteiger partial charge is 0.410 e. The molecule has 8 nitrogen and oxygen atoms in total. The Morgan fingerprint density at radius 1 is 1.34 bits per heavy atom. The molecule has 1 aromatic carbocycles. The summed E-state index contributed by atoms with van der Waals surface area (Å²) in [5.41, 5.74) is 2.61. The number of aromatic amines is 1. The second-order valence-corrected chi connectivity index (χ2v) is 8.37. The van der Waals surface area contributed by atoms with E-state index in [9.17, 15) is 4.79 Å². The average molecular weight is 402 g/mol. The van der Waals surface area contributed by atoms with Crippen LogP contribution in [0.3, 0.4) is 0 Å². The number of alkyl carbamates (subject to hydrolysis) is 1. The quantitative estimate of drug-likeness (QED) is 0.621. The van der Waals surface area contributed by atoms with Gasteiger partial charge in [0.1, 0.15) is 5.75 Å². The van der Waals surface area contributed by atoms with Crippen molar-refractivity contribution in [1.29, 1.82) is 0 Å². The summed E-state index contributed by atoms with van der Waals surface area (Å²) in [4.78, 5) is 19.7. The molecule has 2 fully saturated rings. The second kappa shape index (κ2) is 8.61. The number of nitrogens with zero attached hydrogens (tertiary/aromatic N) is 2. The number of nitrogens with one attached hydrogen (secondary N) is 2. The van der Waals surface area contributed by atoms with Crippen molar-refractivity contribution in [2.45, 2.75) is 6.42 Å². The molecular weight excluding hydrogens is 372 g/mol. The van der Waals surface area contributed by atoms with Crippen LogP contribution < -0.4 is 10.1 Å². The number of hydrogen-bond acceptors (Lipinski definition) is 6. The number of fused-ring (bicyclic) bond motifs is 1. The van der Waals surface area contributed by atoms with Crippen LogP contribution in [0.25, 0.3) is 10.9 Å². The number of ether oxygens (including phenoxy) is 3. The van der Waals surface area contributed by atoms with Gasteiger partial charge in [0, 0.05) is 55.2 Å². The molecule has 1 spiro atoms. The lowest BCUT2D eigenvalue weighted by Gasteiger charge is -2.55. The molecule has 0 radical (unpaired) electrons. The number of H-pyrrole nitrogens is 1. The van der Waals surface area contributed by atoms with Crippen molar-refractivity contribution in [3.8, 4) is 5.75 Å². The molecule has 2 N–H and O–H groups in total. The Kier molecular flexibility index (Phi) is 5.94. The highest BCUT2D eigenvalue weighted by atomic mass is 16.7. The Morgan fingerprint density at radius 2 is 2.17 bits per heavy atom. The molecule has 2 aliphatic rings. The predicted octanol–water partition coefficient (Wildman–Crippen LogP) is 1.67. The predicted molar refractivity (Wildman–Crippen MR) is 110 cm³/mol. The number of rotatable bonds is 9. The number of likely N-dealkylation sites (N-methyl/N-ethyl adjacent to an activating group) is 1. The third kappa shape index (κ3) is 4.66. The number of amides is 1. The van der Waals surface area contributed by atoms with Crippen molar-refractivity contribution in [2.75, 3.05) is 66.8 Å². The summed E-state index contributed by atoms with van der Waals surface area (Å²) in [6.45, 7) is 6.10. The molecule has 0 atom stereocenters. The van der Waals surface area contributed by atoms with Crippen LogP contribution in [0.15, 0.2) is 24.4 Å². The lowest BCUT2D eigenvalue weighted by Crippen LogP contribution is -2.66. The Hall–Kier alpha value is -2.29. The molecule has 0 saturated carbocycles. The topological polar surface area (TPSA) is 79.1 Å². The van der Waals surface area contributed by atoms with Crippen LogP contribution in [0.2, 0.25) is 0 Å². The van der Waals surface area contributed by atoms with Gasteiger partial charge in [0.15, 0.2) is 0 Å². The molecule has 0 unspecified atom stereocenters. The molecule has 2 aliphatic heterocycles. The number of benzene rings is 1. The second-order valence-electron chi connectivity index (χ2n) is 8.37. The number of likely N-dealkylation sites (tertiary alicyclic amines) is 1. The largest absolute Gasteiger partial charge is 0.457 e. The number of carbonyl (C=O) groups is 1. The monoisotopic (exact) mass is 402 g/mol. The van der Waals surface area contributed by atoms with Gasteiger partial charge in [0.25, 0.3) is 0 Å². The minimum absolute atomic E-state index is 0.118. The van der Waals surface area contributed by atoms with Gasteiger partial charge in [0.05, 0.1) is 13.2 Å². The van der Waals surface area contributed by atoms with Crippen molar-refractivity contribution in [3.05, 3.63) is 30.0 Å². The van der Waals surface area contributed by atoms with Gasteiger partial charge >= 0.3 is 6.09 Å². The number of hydrogen-bond donors (Lipinski definition) is 2. The van der Waals surface area contributed by atoms with Crippen molar-refractivity contribution in [2.24, 2.45) is 5.41 Å². The summed E-state index contributed by atoms with van der Waals surface area (Å²) >= 11 is 0. The molecule has 158 valence electrons. The van der Waals surface area contributed by atoms with Gasteiger partial charge < -0.3 is 34.3 Å². The van der Waals surface area contributed by atoms with Crippen LogP contribution in [0.1, 0.15) is 5.56 Å². The minimum atomic E-state index is -0.457. The molecule has 8 heteroatoms. The highest BCUT2D eigenvalue weighted by Crippen LogP contribution is 2.37. The van der Waals surface area contributed by atoms with E-state index in [4.69, 9.17) is 14.2 Å². The third-order valence-electron chi connectivity index (χ3n) is 5.61. The molecular formula is C21H30N4O4. The summed E-state index contributed by atoms with van der Waals surface area (Å²) in [7, 11) is 4.11. The van der Waals surface area contributed by atoms with Gasteiger partial charge in [0.2, 0.25) is 6.79 Å². The van der Waals surface area contributed by atoms with Crippen molar-refractivity contribution in [3.63, 3.8) is 0 Å². The Bertz CT molecular complexity index is 838. The Labute approximate surface area is 171 Å². The van der Waals surface area contributed by atoms with Crippen LogP contribution >= 0.6 is 0 Å². The molecule has 0 aliphatic carbocycles. The van der Waals surface area contributed by atoms with Gasteiger partial charge in [-0.15, -0.1) is 0 Å². The van der Waals surface area contributed by atoms with Gasteiger partial charge in [-0.1, -0.05) is 6.07 Å². The van der Waals surface area contributed by atoms with Gasteiger partial charge in [-0.2, -0.15) is 0 Å². The fourth-order valence-corrected chi connectivity index (χ4v) is 4.03. The van der Waals surface area contributed by atoms with E-state index in [0.29, 0.717) is 12.0 Å². The molecule has 29 heavy (non-hydrogen) atoms. The first-order valence-corrected chi connectivity index (χ1v) is 10.1. The zero-order chi connectivity index (χ0) is 20.3. The molecule has 0 bridgehead atoms. The maximum atomic E-state index is 11.9. The Morgan fingerprint density at radius 3 is 2.90 bits per heavy atom. The van der Waals surface area contributed by atoms with E-state index in [1.54, 1.807) is 0 Å². The first kappa shape index (κ1) is 20.0.